The van der Waals surface area contributed by atoms with Crippen molar-refractivity contribution in [2.45, 2.75) is 128 Å². The van der Waals surface area contributed by atoms with Crippen molar-refractivity contribution in [3.8, 4) is 0 Å². The molecule has 0 radical (unpaired) electrons. The first-order valence-electron chi connectivity index (χ1n) is 17.0. The summed E-state index contributed by atoms with van der Waals surface area (Å²) < 4.78 is 74.1. The Labute approximate surface area is 288 Å². The Bertz CT molecular complexity index is 1540. The van der Waals surface area contributed by atoms with E-state index in [1.54, 1.807) is 4.90 Å². The number of benzene rings is 1. The Hall–Kier alpha value is -3.15. The predicted octanol–water partition coefficient (Wildman–Crippen LogP) is 9.78. The maximum Gasteiger partial charge on any atom is 0.417 e. The molecule has 13 heteroatoms. The lowest BCUT2D eigenvalue weighted by atomic mass is 9.57. The normalized spacial score (nSPS) is 25.9. The summed E-state index contributed by atoms with van der Waals surface area (Å²) in [5.41, 5.74) is -3.07. The first-order valence-corrected chi connectivity index (χ1v) is 17.4. The third-order valence-electron chi connectivity index (χ3n) is 11.5. The van der Waals surface area contributed by atoms with Crippen LogP contribution >= 0.6 is 11.6 Å². The molecule has 5 aliphatic rings. The van der Waals surface area contributed by atoms with Crippen LogP contribution in [0.2, 0.25) is 5.02 Å². The van der Waals surface area contributed by atoms with E-state index in [-0.39, 0.29) is 22.1 Å². The minimum absolute atomic E-state index is 0.0113. The Morgan fingerprint density at radius 2 is 1.61 bits per heavy atom. The second-order valence-electron chi connectivity index (χ2n) is 15.3. The van der Waals surface area contributed by atoms with Crippen LogP contribution in [-0.4, -0.2) is 46.9 Å². The van der Waals surface area contributed by atoms with Gasteiger partial charge in [0.2, 0.25) is 0 Å². The molecule has 6 rings (SSSR count). The quantitative estimate of drug-likeness (QED) is 0.103. The van der Waals surface area contributed by atoms with Gasteiger partial charge in [0.25, 0.3) is 11.8 Å². The second kappa shape index (κ2) is 13.5. The van der Waals surface area contributed by atoms with Gasteiger partial charge >= 0.3 is 6.18 Å². The number of halogens is 6. The van der Waals surface area contributed by atoms with Crippen LogP contribution in [-0.2, 0) is 11.0 Å². The van der Waals surface area contributed by atoms with Crippen LogP contribution in [0.3, 0.4) is 0 Å². The number of hydrogen-bond donors (Lipinski definition) is 2. The standard InChI is InChI=1S/C36H44ClF5N4O3/c1-32(2)12-10-23(11-13-32)46(21-27(47)28-25(36(40,41)42)8-5-9-26(28)37)29(22-6-4-7-22)24(20-43)30(33(3,38)39)44-35-17-14-34(15-18-35,16-19-35)31(48)45-49/h5,8-9,20,23,43-44H,4,6-7,10-19,21H2,1-3H3/b30-24+,43-20?. The van der Waals surface area contributed by atoms with Gasteiger partial charge in [-0.15, -0.1) is 4.91 Å². The summed E-state index contributed by atoms with van der Waals surface area (Å²) in [6.07, 6.45) is 2.50. The van der Waals surface area contributed by atoms with Crippen molar-refractivity contribution in [3.63, 3.8) is 0 Å². The van der Waals surface area contributed by atoms with Crippen LogP contribution in [0.1, 0.15) is 120 Å². The van der Waals surface area contributed by atoms with Gasteiger partial charge in [-0.1, -0.05) is 31.5 Å². The van der Waals surface area contributed by atoms with E-state index in [0.29, 0.717) is 69.9 Å². The molecule has 5 saturated carbocycles. The molecular weight excluding hydrogens is 667 g/mol. The van der Waals surface area contributed by atoms with Crippen molar-refractivity contribution in [1.82, 2.24) is 10.2 Å². The second-order valence-corrected chi connectivity index (χ2v) is 15.7. The van der Waals surface area contributed by atoms with Crippen LogP contribution < -0.4 is 5.32 Å². The number of fused-ring (bicyclic) bond motifs is 3. The number of carbonyl (C=O) groups is 2. The number of nitrogens with zero attached hydrogens (tertiary/aromatic N) is 2. The number of carbonyl (C=O) groups excluding carboxylic acids is 2. The van der Waals surface area contributed by atoms with Crippen molar-refractivity contribution >= 4 is 29.5 Å². The third kappa shape index (κ3) is 7.49. The summed E-state index contributed by atoms with van der Waals surface area (Å²) in [6.45, 7) is 4.44. The number of allylic oxidation sites excluding steroid dienone is 3. The summed E-state index contributed by atoms with van der Waals surface area (Å²) in [7, 11) is 0. The molecule has 7 nitrogen and oxygen atoms in total. The maximum absolute atomic E-state index is 15.9. The van der Waals surface area contributed by atoms with E-state index in [0.717, 1.165) is 50.1 Å². The number of hydrogen-bond acceptors (Lipinski definition) is 6. The SMILES string of the molecule is CC1(C)CCC(N(CC(=O)c2c(Cl)cccc2C(F)(F)F)C(=C2CCC2)/C(C=N)=C(/NC23CCC(C(=O)N=O)(CC2)CC3)C(C)(F)F)CC1. The summed E-state index contributed by atoms with van der Waals surface area (Å²) in [5, 5.41) is 14.0. The fraction of sp³-hybridized carbons (Fsp3) is 0.639. The zero-order valence-electron chi connectivity index (χ0n) is 28.2. The zero-order chi connectivity index (χ0) is 36.0. The highest BCUT2D eigenvalue weighted by Crippen LogP contribution is 2.54. The topological polar surface area (TPSA) is 103 Å². The molecule has 0 atom stereocenters. The first-order chi connectivity index (χ1) is 22.9. The molecule has 5 fully saturated rings. The molecule has 1 aromatic carbocycles. The largest absolute Gasteiger partial charge is 0.417 e. The van der Waals surface area contributed by atoms with Crippen molar-refractivity contribution in [2.75, 3.05) is 6.54 Å². The van der Waals surface area contributed by atoms with Gasteiger partial charge in [0, 0.05) is 41.2 Å². The fourth-order valence-electron chi connectivity index (χ4n) is 8.23. The molecule has 268 valence electrons. The molecule has 0 saturated heterocycles. The summed E-state index contributed by atoms with van der Waals surface area (Å²) in [5.74, 6) is -5.07. The van der Waals surface area contributed by atoms with Gasteiger partial charge in [0.15, 0.2) is 5.78 Å². The Morgan fingerprint density at radius 3 is 2.08 bits per heavy atom. The van der Waals surface area contributed by atoms with Gasteiger partial charge in [-0.25, -0.2) is 8.78 Å². The van der Waals surface area contributed by atoms with E-state index < -0.39 is 58.1 Å². The van der Waals surface area contributed by atoms with Crippen LogP contribution in [0.4, 0.5) is 22.0 Å². The van der Waals surface area contributed by atoms with Crippen molar-refractivity contribution < 1.29 is 31.5 Å². The Balaban J connectivity index is 1.61. The summed E-state index contributed by atoms with van der Waals surface area (Å²) in [6, 6.07) is 2.81. The molecule has 0 aliphatic heterocycles. The number of amides is 1. The molecule has 49 heavy (non-hydrogen) atoms. The van der Waals surface area contributed by atoms with E-state index in [1.165, 1.54) is 6.07 Å². The molecule has 1 amide bonds. The van der Waals surface area contributed by atoms with E-state index >= 15 is 8.78 Å². The van der Waals surface area contributed by atoms with Gasteiger partial charge in [-0.05, 0) is 107 Å². The molecular formula is C36H44ClF5N4O3. The summed E-state index contributed by atoms with van der Waals surface area (Å²) in [4.78, 5) is 39.2. The third-order valence-corrected chi connectivity index (χ3v) is 11.8. The minimum Gasteiger partial charge on any atom is -0.377 e. The van der Waals surface area contributed by atoms with Gasteiger partial charge in [-0.3, -0.25) is 9.59 Å². The molecule has 2 bridgehead atoms. The fourth-order valence-corrected chi connectivity index (χ4v) is 8.51. The van der Waals surface area contributed by atoms with Gasteiger partial charge in [0.1, 0.15) is 0 Å². The average molecular weight is 711 g/mol. The van der Waals surface area contributed by atoms with Gasteiger partial charge < -0.3 is 15.6 Å². The van der Waals surface area contributed by atoms with Crippen LogP contribution in [0.15, 0.2) is 45.9 Å². The van der Waals surface area contributed by atoms with E-state index in [9.17, 15) is 27.7 Å². The molecule has 0 spiro atoms. The minimum atomic E-state index is -4.85. The molecule has 5 aliphatic carbocycles. The molecule has 1 aromatic rings. The summed E-state index contributed by atoms with van der Waals surface area (Å²) >= 11 is 6.25. The smallest absolute Gasteiger partial charge is 0.377 e. The highest BCUT2D eigenvalue weighted by Gasteiger charge is 2.54. The highest BCUT2D eigenvalue weighted by atomic mass is 35.5. The lowest BCUT2D eigenvalue weighted by molar-refractivity contribution is -0.138. The van der Waals surface area contributed by atoms with Crippen molar-refractivity contribution in [1.29, 1.82) is 5.41 Å². The van der Waals surface area contributed by atoms with Crippen molar-refractivity contribution in [3.05, 3.63) is 61.8 Å². The Kier molecular flexibility index (Phi) is 10.2. The number of ketones is 1. The zero-order valence-corrected chi connectivity index (χ0v) is 28.9. The van der Waals surface area contributed by atoms with Crippen LogP contribution in [0.5, 0.6) is 0 Å². The number of Topliss-reactive ketones (excluding diaryl/α,β-unsaturated/α-hetero) is 1. The van der Waals surface area contributed by atoms with Crippen molar-refractivity contribution in [2.24, 2.45) is 16.0 Å². The van der Waals surface area contributed by atoms with Crippen LogP contribution in [0.25, 0.3) is 0 Å². The molecule has 0 aromatic heterocycles. The average Bonchev–Trinajstić information content (AvgIpc) is 3.01. The molecule has 0 unspecified atom stereocenters. The number of nitrogens with one attached hydrogen (secondary N) is 2. The molecule has 2 N–H and O–H groups in total. The van der Waals surface area contributed by atoms with E-state index in [1.807, 2.05) is 0 Å². The maximum atomic E-state index is 15.9. The lowest BCUT2D eigenvalue weighted by Gasteiger charge is -2.53. The lowest BCUT2D eigenvalue weighted by Crippen LogP contribution is -2.58. The van der Waals surface area contributed by atoms with E-state index in [4.69, 9.17) is 17.0 Å². The monoisotopic (exact) mass is 710 g/mol. The highest BCUT2D eigenvalue weighted by molar-refractivity contribution is 6.34. The van der Waals surface area contributed by atoms with Crippen LogP contribution in [0, 0.1) is 21.1 Å². The first kappa shape index (κ1) is 37.1. The number of nitroso groups, excluding NO2 is 1. The Morgan fingerprint density at radius 1 is 1.02 bits per heavy atom. The van der Waals surface area contributed by atoms with Gasteiger partial charge in [-0.2, -0.15) is 13.2 Å². The molecule has 0 heterocycles. The number of alkyl halides is 5. The number of rotatable bonds is 11. The predicted molar refractivity (Wildman–Crippen MR) is 178 cm³/mol. The van der Waals surface area contributed by atoms with Gasteiger partial charge in [0.05, 0.1) is 33.8 Å². The van der Waals surface area contributed by atoms with E-state index in [2.05, 4.69) is 24.3 Å².